The molecule has 33 heavy (non-hydrogen) atoms. The number of fused-ring (bicyclic) bond motifs is 1. The first-order chi connectivity index (χ1) is 15.6. The Hall–Kier alpha value is -2.04. The van der Waals surface area contributed by atoms with Crippen molar-refractivity contribution in [2.75, 3.05) is 37.8 Å². The number of aromatic nitrogens is 1. The van der Waals surface area contributed by atoms with Crippen molar-refractivity contribution in [1.29, 1.82) is 0 Å². The maximum atomic E-state index is 12.6. The molecular formula is C23H33N3O5S2. The van der Waals surface area contributed by atoms with Crippen LogP contribution in [0.5, 0.6) is 0 Å². The minimum atomic E-state index is -3.92. The Bertz CT molecular complexity index is 1170. The minimum Gasteiger partial charge on any atom is -0.380 e. The van der Waals surface area contributed by atoms with Crippen molar-refractivity contribution in [3.8, 4) is 0 Å². The van der Waals surface area contributed by atoms with E-state index in [0.29, 0.717) is 49.5 Å². The van der Waals surface area contributed by atoms with E-state index in [0.717, 1.165) is 22.2 Å². The number of rotatable bonds is 8. The molecule has 1 saturated heterocycles. The highest BCUT2D eigenvalue weighted by Crippen LogP contribution is 2.21. The smallest absolute Gasteiger partial charge is 0.263 e. The van der Waals surface area contributed by atoms with Crippen molar-refractivity contribution in [3.05, 3.63) is 28.6 Å². The van der Waals surface area contributed by atoms with E-state index in [4.69, 9.17) is 4.74 Å². The van der Waals surface area contributed by atoms with Crippen molar-refractivity contribution in [2.24, 2.45) is 16.8 Å². The molecule has 10 heteroatoms. The number of piperidine rings is 1. The fraction of sp³-hybridized carbons (Fsp3) is 0.609. The highest BCUT2D eigenvalue weighted by atomic mass is 32.2. The van der Waals surface area contributed by atoms with Crippen LogP contribution < -0.4 is 4.80 Å². The van der Waals surface area contributed by atoms with Gasteiger partial charge in [0.15, 0.2) is 14.6 Å². The SMILES string of the molecule is CCOCCn1c(=NC(=O)CS(=O)(=O)CC(=O)N2CC(C)CC(C)C2)sc2cc(C)ccc21. The first-order valence-corrected chi connectivity index (χ1v) is 13.9. The van der Waals surface area contributed by atoms with Crippen LogP contribution in [0.3, 0.4) is 0 Å². The van der Waals surface area contributed by atoms with Crippen molar-refractivity contribution in [3.63, 3.8) is 0 Å². The third kappa shape index (κ3) is 6.97. The van der Waals surface area contributed by atoms with E-state index in [1.165, 1.54) is 11.3 Å². The molecule has 2 unspecified atom stereocenters. The fourth-order valence-electron chi connectivity index (χ4n) is 4.31. The van der Waals surface area contributed by atoms with Crippen LogP contribution in [0.1, 0.15) is 32.8 Å². The summed E-state index contributed by atoms with van der Waals surface area (Å²) in [5.41, 5.74) is 2.00. The average Bonchev–Trinajstić information content (AvgIpc) is 3.02. The van der Waals surface area contributed by atoms with Gasteiger partial charge in [-0.15, -0.1) is 0 Å². The molecule has 8 nitrogen and oxygen atoms in total. The van der Waals surface area contributed by atoms with Crippen molar-refractivity contribution >= 4 is 43.2 Å². The molecule has 1 aromatic carbocycles. The largest absolute Gasteiger partial charge is 0.380 e. The lowest BCUT2D eigenvalue weighted by molar-refractivity contribution is -0.131. The molecule has 0 radical (unpaired) electrons. The van der Waals surface area contributed by atoms with Gasteiger partial charge < -0.3 is 14.2 Å². The number of thiazole rings is 1. The Morgan fingerprint density at radius 2 is 1.88 bits per heavy atom. The molecule has 2 heterocycles. The van der Waals surface area contributed by atoms with Gasteiger partial charge >= 0.3 is 0 Å². The summed E-state index contributed by atoms with van der Waals surface area (Å²) in [5, 5.41) is 0. The van der Waals surface area contributed by atoms with E-state index in [2.05, 4.69) is 18.8 Å². The second-order valence-corrected chi connectivity index (χ2v) is 12.1. The van der Waals surface area contributed by atoms with Gasteiger partial charge in [-0.1, -0.05) is 31.3 Å². The number of hydrogen-bond donors (Lipinski definition) is 0. The van der Waals surface area contributed by atoms with Gasteiger partial charge in [0, 0.05) is 26.2 Å². The summed E-state index contributed by atoms with van der Waals surface area (Å²) in [7, 11) is -3.92. The highest BCUT2D eigenvalue weighted by Gasteiger charge is 2.29. The summed E-state index contributed by atoms with van der Waals surface area (Å²) < 4.78 is 33.5. The number of likely N-dealkylation sites (tertiary alicyclic amines) is 1. The van der Waals surface area contributed by atoms with Gasteiger partial charge in [0.25, 0.3) is 5.91 Å². The van der Waals surface area contributed by atoms with Gasteiger partial charge in [-0.3, -0.25) is 9.59 Å². The molecule has 1 aliphatic heterocycles. The van der Waals surface area contributed by atoms with Crippen LogP contribution in [-0.4, -0.2) is 67.5 Å². The van der Waals surface area contributed by atoms with Crippen LogP contribution in [0.2, 0.25) is 0 Å². The van der Waals surface area contributed by atoms with Crippen LogP contribution in [0.15, 0.2) is 23.2 Å². The van der Waals surface area contributed by atoms with Gasteiger partial charge in [0.05, 0.1) is 16.8 Å². The van der Waals surface area contributed by atoms with E-state index in [9.17, 15) is 18.0 Å². The molecule has 1 aromatic heterocycles. The zero-order chi connectivity index (χ0) is 24.2. The number of sulfone groups is 1. The fourth-order valence-corrected chi connectivity index (χ4v) is 6.58. The molecule has 0 spiro atoms. The Morgan fingerprint density at radius 1 is 1.18 bits per heavy atom. The number of aryl methyl sites for hydroxylation is 1. The van der Waals surface area contributed by atoms with Gasteiger partial charge in [0.2, 0.25) is 5.91 Å². The molecule has 2 atom stereocenters. The number of carbonyl (C=O) groups is 2. The van der Waals surface area contributed by atoms with Crippen molar-refractivity contribution in [2.45, 2.75) is 40.7 Å². The lowest BCUT2D eigenvalue weighted by atomic mass is 9.92. The van der Waals surface area contributed by atoms with Crippen LogP contribution in [0, 0.1) is 18.8 Å². The van der Waals surface area contributed by atoms with Gasteiger partial charge in [-0.2, -0.15) is 4.99 Å². The summed E-state index contributed by atoms with van der Waals surface area (Å²) >= 11 is 1.34. The molecule has 1 fully saturated rings. The quantitative estimate of drug-likeness (QED) is 0.524. The van der Waals surface area contributed by atoms with Crippen molar-refractivity contribution < 1.29 is 22.7 Å². The maximum absolute atomic E-state index is 12.6. The van der Waals surface area contributed by atoms with Gasteiger partial charge in [-0.05, 0) is 49.8 Å². The maximum Gasteiger partial charge on any atom is 0.263 e. The van der Waals surface area contributed by atoms with E-state index >= 15 is 0 Å². The second-order valence-electron chi connectivity index (χ2n) is 8.99. The van der Waals surface area contributed by atoms with Crippen LogP contribution in [0.4, 0.5) is 0 Å². The first-order valence-electron chi connectivity index (χ1n) is 11.3. The molecule has 0 saturated carbocycles. The van der Waals surface area contributed by atoms with Crippen LogP contribution >= 0.6 is 11.3 Å². The molecule has 182 valence electrons. The van der Waals surface area contributed by atoms with Gasteiger partial charge in [0.1, 0.15) is 11.5 Å². The molecule has 1 aliphatic rings. The summed E-state index contributed by atoms with van der Waals surface area (Å²) in [4.78, 5) is 31.3. The van der Waals surface area contributed by atoms with E-state index in [1.807, 2.05) is 36.6 Å². The van der Waals surface area contributed by atoms with E-state index in [-0.39, 0.29) is 0 Å². The summed E-state index contributed by atoms with van der Waals surface area (Å²) in [6, 6.07) is 5.96. The Labute approximate surface area is 199 Å². The predicted octanol–water partition coefficient (Wildman–Crippen LogP) is 2.39. The highest BCUT2D eigenvalue weighted by molar-refractivity contribution is 7.92. The number of hydrogen-bond acceptors (Lipinski definition) is 6. The number of carbonyl (C=O) groups excluding carboxylic acids is 2. The third-order valence-corrected chi connectivity index (χ3v) is 8.04. The van der Waals surface area contributed by atoms with Crippen molar-refractivity contribution in [1.82, 2.24) is 9.47 Å². The van der Waals surface area contributed by atoms with E-state index in [1.54, 1.807) is 4.90 Å². The predicted molar refractivity (Wildman–Crippen MR) is 130 cm³/mol. The number of ether oxygens (including phenoxy) is 1. The normalized spacial score (nSPS) is 19.9. The molecule has 0 bridgehead atoms. The summed E-state index contributed by atoms with van der Waals surface area (Å²) in [6.45, 7) is 10.6. The lowest BCUT2D eigenvalue weighted by Gasteiger charge is -2.34. The Kier molecular flexibility index (Phi) is 8.47. The van der Waals surface area contributed by atoms with E-state index < -0.39 is 33.2 Å². The summed E-state index contributed by atoms with van der Waals surface area (Å²) in [5.74, 6) is -1.98. The van der Waals surface area contributed by atoms with Crippen LogP contribution in [0.25, 0.3) is 10.2 Å². The molecule has 3 rings (SSSR count). The van der Waals surface area contributed by atoms with Gasteiger partial charge in [-0.25, -0.2) is 8.42 Å². The topological polar surface area (TPSA) is 98.0 Å². The molecule has 0 N–H and O–H groups in total. The zero-order valence-electron chi connectivity index (χ0n) is 19.7. The minimum absolute atomic E-state index is 0.334. The standard InChI is InChI=1S/C23H33N3O5S2/c1-5-31-9-8-26-19-7-6-16(2)11-20(19)32-23(26)24-21(27)14-33(29,30)15-22(28)25-12-17(3)10-18(4)13-25/h6-7,11,17-18H,5,8-10,12-15H2,1-4H3. The molecular weight excluding hydrogens is 462 g/mol. The molecule has 2 aromatic rings. The monoisotopic (exact) mass is 495 g/mol. The number of nitrogens with zero attached hydrogens (tertiary/aromatic N) is 3. The number of benzene rings is 1. The zero-order valence-corrected chi connectivity index (χ0v) is 21.4. The third-order valence-electron chi connectivity index (χ3n) is 5.63. The van der Waals surface area contributed by atoms with Crippen LogP contribution in [-0.2, 0) is 30.7 Å². The number of amides is 2. The average molecular weight is 496 g/mol. The first kappa shape index (κ1) is 25.6. The Balaban J connectivity index is 1.77. The Morgan fingerprint density at radius 3 is 2.55 bits per heavy atom. The molecule has 2 amide bonds. The molecule has 0 aliphatic carbocycles. The lowest BCUT2D eigenvalue weighted by Crippen LogP contribution is -2.45. The second kappa shape index (κ2) is 10.9. The summed E-state index contributed by atoms with van der Waals surface area (Å²) in [6.07, 6.45) is 1.02.